The third-order valence-corrected chi connectivity index (χ3v) is 9.95. The largest absolute Gasteiger partial charge is 0.496 e. The lowest BCUT2D eigenvalue weighted by Crippen LogP contribution is -2.41. The fraction of sp³-hybridized carbons (Fsp3) is 0.161. The van der Waals surface area contributed by atoms with Crippen molar-refractivity contribution in [2.24, 2.45) is 5.73 Å². The smallest absolute Gasteiger partial charge is 0.338 e. The summed E-state index contributed by atoms with van der Waals surface area (Å²) in [5, 5.41) is 0. The first kappa shape index (κ1) is 28.9. The summed E-state index contributed by atoms with van der Waals surface area (Å²) in [7, 11) is -1.35. The maximum Gasteiger partial charge on any atom is 0.338 e. The standard InChI is InChI=1S/C31H28N2O7S2/c1-4-40-31(35)26-25(21-15-9-11-17-23(21)39-3)27(42(36,37)20-13-6-5-7-14-20)30-33(28(26)32)29(34)24(41-30)18-19-12-8-10-16-22(19)38-2/h5-18,25H,4,32H2,1-3H3/b24-18-/t25-/m0/s1. The van der Waals surface area contributed by atoms with Crippen molar-refractivity contribution in [2.45, 2.75) is 17.7 Å². The first-order valence-electron chi connectivity index (χ1n) is 13.0. The molecule has 1 aliphatic heterocycles. The van der Waals surface area contributed by atoms with Crippen molar-refractivity contribution in [3.8, 4) is 11.5 Å². The average Bonchev–Trinajstić information content (AvgIpc) is 3.32. The van der Waals surface area contributed by atoms with E-state index >= 15 is 0 Å². The molecule has 0 fully saturated rings. The summed E-state index contributed by atoms with van der Waals surface area (Å²) in [6.07, 6.45) is 1.61. The lowest BCUT2D eigenvalue weighted by atomic mass is 9.88. The normalized spacial score (nSPS) is 15.4. The molecule has 0 radical (unpaired) electrons. The molecule has 0 saturated carbocycles. The molecule has 0 aliphatic carbocycles. The van der Waals surface area contributed by atoms with Gasteiger partial charge in [0.05, 0.1) is 46.7 Å². The van der Waals surface area contributed by atoms with Gasteiger partial charge in [-0.2, -0.15) is 0 Å². The van der Waals surface area contributed by atoms with E-state index in [2.05, 4.69) is 0 Å². The molecular formula is C31H28N2O7S2. The van der Waals surface area contributed by atoms with Crippen LogP contribution in [0.4, 0.5) is 0 Å². The molecular weight excluding hydrogens is 576 g/mol. The molecule has 1 aromatic heterocycles. The molecule has 0 saturated heterocycles. The monoisotopic (exact) mass is 604 g/mol. The van der Waals surface area contributed by atoms with E-state index in [9.17, 15) is 18.0 Å². The zero-order valence-electron chi connectivity index (χ0n) is 23.1. The fourth-order valence-corrected chi connectivity index (χ4v) is 8.11. The first-order valence-corrected chi connectivity index (χ1v) is 15.3. The number of sulfone groups is 1. The average molecular weight is 605 g/mol. The third-order valence-electron chi connectivity index (χ3n) is 6.82. The van der Waals surface area contributed by atoms with Crippen LogP contribution in [0.15, 0.2) is 94.1 Å². The zero-order valence-corrected chi connectivity index (χ0v) is 24.7. The Morgan fingerprint density at radius 1 is 0.952 bits per heavy atom. The van der Waals surface area contributed by atoms with Gasteiger partial charge in [0.15, 0.2) is 0 Å². The second-order valence-corrected chi connectivity index (χ2v) is 12.1. The molecule has 1 atom stereocenters. The SMILES string of the molecule is CCOC(=O)C1=C(N)n2c(s/c(=C\c3ccccc3OC)c2=O)=C(S(=O)(=O)c2ccccc2)[C@H]1c1ccccc1OC. The Balaban J connectivity index is 1.99. The Kier molecular flexibility index (Phi) is 8.06. The van der Waals surface area contributed by atoms with Crippen LogP contribution in [0.1, 0.15) is 24.0 Å². The molecule has 0 unspecified atom stereocenters. The predicted octanol–water partition coefficient (Wildman–Crippen LogP) is 2.83. The number of thiazole rings is 1. The van der Waals surface area contributed by atoms with E-state index in [1.807, 2.05) is 0 Å². The van der Waals surface area contributed by atoms with E-state index < -0.39 is 27.3 Å². The Morgan fingerprint density at radius 2 is 1.57 bits per heavy atom. The van der Waals surface area contributed by atoms with Crippen LogP contribution in [0.25, 0.3) is 16.8 Å². The number of para-hydroxylation sites is 2. The summed E-state index contributed by atoms with van der Waals surface area (Å²) in [6, 6.07) is 21.7. The van der Waals surface area contributed by atoms with Gasteiger partial charge in [0.25, 0.3) is 5.56 Å². The Morgan fingerprint density at radius 3 is 2.24 bits per heavy atom. The molecule has 216 valence electrons. The van der Waals surface area contributed by atoms with E-state index in [0.717, 1.165) is 15.9 Å². The highest BCUT2D eigenvalue weighted by Crippen LogP contribution is 2.44. The van der Waals surface area contributed by atoms with Crippen LogP contribution < -0.4 is 30.0 Å². The Labute approximate surface area is 246 Å². The summed E-state index contributed by atoms with van der Waals surface area (Å²) in [5.41, 5.74) is 6.84. The van der Waals surface area contributed by atoms with Gasteiger partial charge in [-0.3, -0.25) is 9.36 Å². The summed E-state index contributed by atoms with van der Waals surface area (Å²) in [4.78, 5) is 27.3. The molecule has 1 aliphatic rings. The minimum absolute atomic E-state index is 0.00719. The summed E-state index contributed by atoms with van der Waals surface area (Å²) < 4.78 is 46.8. The lowest BCUT2D eigenvalue weighted by Gasteiger charge is -2.28. The van der Waals surface area contributed by atoms with Crippen molar-refractivity contribution in [3.05, 3.63) is 115 Å². The maximum atomic E-state index is 14.5. The number of carbonyl (C=O) groups excluding carboxylic acids is 1. The molecule has 3 aromatic carbocycles. The van der Waals surface area contributed by atoms with Gasteiger partial charge in [-0.1, -0.05) is 54.6 Å². The summed E-state index contributed by atoms with van der Waals surface area (Å²) in [6.45, 7) is 1.64. The van der Waals surface area contributed by atoms with Crippen molar-refractivity contribution in [1.29, 1.82) is 0 Å². The number of carbonyl (C=O) groups is 1. The van der Waals surface area contributed by atoms with Crippen molar-refractivity contribution in [2.75, 3.05) is 20.8 Å². The Hall–Kier alpha value is -4.61. The van der Waals surface area contributed by atoms with Crippen LogP contribution in [0.3, 0.4) is 0 Å². The number of rotatable bonds is 8. The van der Waals surface area contributed by atoms with Gasteiger partial charge in [-0.05, 0) is 37.3 Å². The number of nitrogens with zero attached hydrogens (tertiary/aromatic N) is 1. The van der Waals surface area contributed by atoms with Crippen LogP contribution in [0, 0.1) is 0 Å². The molecule has 2 heterocycles. The minimum atomic E-state index is -4.32. The number of fused-ring (bicyclic) bond motifs is 1. The molecule has 5 rings (SSSR count). The van der Waals surface area contributed by atoms with Crippen molar-refractivity contribution < 1.29 is 27.4 Å². The molecule has 9 nitrogen and oxygen atoms in total. The molecule has 0 amide bonds. The summed E-state index contributed by atoms with van der Waals surface area (Å²) >= 11 is 0.964. The van der Waals surface area contributed by atoms with Crippen molar-refractivity contribution >= 4 is 43.9 Å². The van der Waals surface area contributed by atoms with Crippen LogP contribution in [0.5, 0.6) is 11.5 Å². The van der Waals surface area contributed by atoms with Crippen molar-refractivity contribution in [1.82, 2.24) is 4.57 Å². The predicted molar refractivity (Wildman–Crippen MR) is 161 cm³/mol. The molecule has 4 aromatic rings. The third kappa shape index (κ3) is 4.90. The molecule has 42 heavy (non-hydrogen) atoms. The van der Waals surface area contributed by atoms with Crippen LogP contribution in [0.2, 0.25) is 0 Å². The van der Waals surface area contributed by atoms with Crippen molar-refractivity contribution in [3.63, 3.8) is 0 Å². The van der Waals surface area contributed by atoms with E-state index in [4.69, 9.17) is 19.9 Å². The number of aromatic nitrogens is 1. The Bertz CT molecular complexity index is 1990. The summed E-state index contributed by atoms with van der Waals surface area (Å²) in [5.74, 6) is -1.43. The zero-order chi connectivity index (χ0) is 30.0. The van der Waals surface area contributed by atoms with Gasteiger partial charge < -0.3 is 19.9 Å². The second-order valence-electron chi connectivity index (χ2n) is 9.17. The number of ether oxygens (including phenoxy) is 3. The second kappa shape index (κ2) is 11.7. The van der Waals surface area contributed by atoms with E-state index in [1.54, 1.807) is 79.7 Å². The number of nitrogens with two attached hydrogens (primary N) is 1. The van der Waals surface area contributed by atoms with E-state index in [1.165, 1.54) is 26.4 Å². The van der Waals surface area contributed by atoms with Crippen LogP contribution >= 0.6 is 11.3 Å². The number of hydrogen-bond acceptors (Lipinski definition) is 9. The molecule has 0 bridgehead atoms. The van der Waals surface area contributed by atoms with Crippen LogP contribution in [-0.2, 0) is 19.4 Å². The van der Waals surface area contributed by atoms with Gasteiger partial charge in [0.1, 0.15) is 22.0 Å². The van der Waals surface area contributed by atoms with E-state index in [-0.39, 0.29) is 37.0 Å². The minimum Gasteiger partial charge on any atom is -0.496 e. The molecule has 11 heteroatoms. The topological polar surface area (TPSA) is 127 Å². The molecule has 2 N–H and O–H groups in total. The van der Waals surface area contributed by atoms with Gasteiger partial charge in [0, 0.05) is 11.1 Å². The number of hydrogen-bond donors (Lipinski definition) is 1. The van der Waals surface area contributed by atoms with Gasteiger partial charge in [0.2, 0.25) is 9.84 Å². The lowest BCUT2D eigenvalue weighted by molar-refractivity contribution is -0.138. The van der Waals surface area contributed by atoms with Gasteiger partial charge >= 0.3 is 5.97 Å². The van der Waals surface area contributed by atoms with Gasteiger partial charge in [-0.25, -0.2) is 13.2 Å². The fourth-order valence-electron chi connectivity index (χ4n) is 4.95. The quantitative estimate of drug-likeness (QED) is 0.304. The highest BCUT2D eigenvalue weighted by molar-refractivity contribution is 8.00. The highest BCUT2D eigenvalue weighted by atomic mass is 32.2. The number of esters is 1. The van der Waals surface area contributed by atoms with Crippen LogP contribution in [-0.4, -0.2) is 39.8 Å². The number of methoxy groups -OCH3 is 2. The number of benzene rings is 3. The maximum absolute atomic E-state index is 14.5. The highest BCUT2D eigenvalue weighted by Gasteiger charge is 2.43. The molecule has 0 spiro atoms. The first-order chi connectivity index (χ1) is 20.2. The van der Waals surface area contributed by atoms with E-state index in [0.29, 0.717) is 22.6 Å². The van der Waals surface area contributed by atoms with Gasteiger partial charge in [-0.15, -0.1) is 11.3 Å².